The molecule has 0 bridgehead atoms. The highest BCUT2D eigenvalue weighted by Gasteiger charge is 2.54. The topological polar surface area (TPSA) is 59.0 Å². The number of hydrogen-bond acceptors (Lipinski definition) is 4. The summed E-state index contributed by atoms with van der Waals surface area (Å²) in [6, 6.07) is 6.54. The molecule has 130 valence electrons. The smallest absolute Gasteiger partial charge is 0.254 e. The Morgan fingerprint density at radius 2 is 2.17 bits per heavy atom. The molecule has 1 aromatic carbocycles. The molecular weight excluding hydrogens is 306 g/mol. The summed E-state index contributed by atoms with van der Waals surface area (Å²) in [6.45, 7) is 3.78. The first-order chi connectivity index (χ1) is 11.7. The van der Waals surface area contributed by atoms with Gasteiger partial charge < -0.3 is 19.5 Å². The fourth-order valence-corrected chi connectivity index (χ4v) is 3.87. The highest BCUT2D eigenvalue weighted by atomic mass is 16.5. The first-order valence-corrected chi connectivity index (χ1v) is 8.96. The quantitative estimate of drug-likeness (QED) is 0.814. The van der Waals surface area contributed by atoms with Crippen LogP contribution in [0.1, 0.15) is 36.0 Å². The van der Waals surface area contributed by atoms with Crippen molar-refractivity contribution < 1.29 is 19.4 Å². The lowest BCUT2D eigenvalue weighted by Crippen LogP contribution is -2.66. The van der Waals surface area contributed by atoms with Gasteiger partial charge in [-0.3, -0.25) is 4.79 Å². The highest BCUT2D eigenvalue weighted by molar-refractivity contribution is 5.95. The molecule has 1 aliphatic carbocycles. The Hall–Kier alpha value is -1.59. The molecule has 1 atom stereocenters. The summed E-state index contributed by atoms with van der Waals surface area (Å²) < 4.78 is 11.8. The van der Waals surface area contributed by atoms with Crippen LogP contribution in [0, 0.1) is 11.8 Å². The van der Waals surface area contributed by atoms with Crippen LogP contribution in [0.3, 0.4) is 0 Å². The van der Waals surface area contributed by atoms with Crippen molar-refractivity contribution in [2.45, 2.75) is 31.3 Å². The predicted octanol–water partition coefficient (Wildman–Crippen LogP) is 2.44. The van der Waals surface area contributed by atoms with Crippen LogP contribution in [0.25, 0.3) is 0 Å². The van der Waals surface area contributed by atoms with Crippen molar-refractivity contribution in [3.63, 3.8) is 0 Å². The van der Waals surface area contributed by atoms with Crippen LogP contribution in [0.5, 0.6) is 5.75 Å². The lowest BCUT2D eigenvalue weighted by Gasteiger charge is -2.50. The van der Waals surface area contributed by atoms with E-state index in [1.807, 2.05) is 4.90 Å². The second-order valence-corrected chi connectivity index (χ2v) is 7.42. The first kappa shape index (κ1) is 15.9. The van der Waals surface area contributed by atoms with Gasteiger partial charge in [-0.15, -0.1) is 0 Å². The number of benzene rings is 1. The van der Waals surface area contributed by atoms with Crippen molar-refractivity contribution >= 4 is 5.91 Å². The van der Waals surface area contributed by atoms with Crippen LogP contribution < -0.4 is 0 Å². The van der Waals surface area contributed by atoms with E-state index in [0.717, 1.165) is 38.6 Å². The maximum Gasteiger partial charge on any atom is 0.254 e. The lowest BCUT2D eigenvalue weighted by molar-refractivity contribution is -0.120. The summed E-state index contributed by atoms with van der Waals surface area (Å²) in [5, 5.41) is 9.54. The molecule has 3 aliphatic rings. The van der Waals surface area contributed by atoms with Crippen molar-refractivity contribution in [3.05, 3.63) is 29.8 Å². The third-order valence-corrected chi connectivity index (χ3v) is 5.56. The number of amides is 1. The molecule has 2 heterocycles. The molecule has 24 heavy (non-hydrogen) atoms. The van der Waals surface area contributed by atoms with Crippen molar-refractivity contribution in [1.29, 1.82) is 0 Å². The Morgan fingerprint density at radius 1 is 1.33 bits per heavy atom. The van der Waals surface area contributed by atoms with Gasteiger partial charge in [-0.1, -0.05) is 6.07 Å². The molecule has 0 aromatic heterocycles. The fraction of sp³-hybridized carbons (Fsp3) is 0.632. The Morgan fingerprint density at radius 3 is 2.92 bits per heavy atom. The third kappa shape index (κ3) is 3.15. The number of rotatable bonds is 6. The Bertz CT molecular complexity index is 607. The molecule has 1 spiro atoms. The van der Waals surface area contributed by atoms with E-state index in [0.29, 0.717) is 24.6 Å². The number of ether oxygens (including phenoxy) is 2. The van der Waals surface area contributed by atoms with Gasteiger partial charge in [0.1, 0.15) is 11.4 Å². The lowest BCUT2D eigenvalue weighted by atomic mass is 9.79. The van der Waals surface area contributed by atoms with Gasteiger partial charge in [0, 0.05) is 25.4 Å². The number of nitrogens with zero attached hydrogens (tertiary/aromatic N) is 1. The standard InChI is InChI=1S/C19H25NO4/c21-17-3-1-2-15(10-17)18(22)20-12-19(13-20)16(7-9-24-19)6-8-23-11-14-4-5-14/h1-3,10,14,16,21H,4-9,11-13H2/t16-/m1/s1. The molecule has 4 rings (SSSR count). The number of phenolic OH excluding ortho intramolecular Hbond substituents is 1. The molecule has 3 fully saturated rings. The van der Waals surface area contributed by atoms with E-state index < -0.39 is 0 Å². The van der Waals surface area contributed by atoms with Crippen LogP contribution in [-0.4, -0.2) is 54.4 Å². The molecule has 1 aromatic rings. The van der Waals surface area contributed by atoms with Gasteiger partial charge in [0.15, 0.2) is 0 Å². The average molecular weight is 331 g/mol. The van der Waals surface area contributed by atoms with E-state index >= 15 is 0 Å². The molecule has 1 amide bonds. The summed E-state index contributed by atoms with van der Waals surface area (Å²) in [7, 11) is 0. The summed E-state index contributed by atoms with van der Waals surface area (Å²) in [6.07, 6.45) is 4.72. The predicted molar refractivity (Wildman–Crippen MR) is 89.0 cm³/mol. The summed E-state index contributed by atoms with van der Waals surface area (Å²) in [5.41, 5.74) is 0.363. The molecule has 1 N–H and O–H groups in total. The van der Waals surface area contributed by atoms with Gasteiger partial charge >= 0.3 is 0 Å². The number of phenols is 1. The molecular formula is C19H25NO4. The van der Waals surface area contributed by atoms with Gasteiger partial charge in [-0.2, -0.15) is 0 Å². The van der Waals surface area contributed by atoms with Gasteiger partial charge in [-0.25, -0.2) is 0 Å². The van der Waals surface area contributed by atoms with Gasteiger partial charge in [-0.05, 0) is 55.7 Å². The SMILES string of the molecule is O=C(c1cccc(O)c1)N1CC2(C1)OCC[C@H]2CCOCC1CC1. The van der Waals surface area contributed by atoms with Gasteiger partial charge in [0.25, 0.3) is 5.91 Å². The van der Waals surface area contributed by atoms with Crippen LogP contribution in [0.4, 0.5) is 0 Å². The summed E-state index contributed by atoms with van der Waals surface area (Å²) in [5.74, 6) is 1.37. The fourth-order valence-electron chi connectivity index (χ4n) is 3.87. The summed E-state index contributed by atoms with van der Waals surface area (Å²) >= 11 is 0. The zero-order chi connectivity index (χ0) is 16.6. The maximum atomic E-state index is 12.5. The second kappa shape index (κ2) is 6.37. The second-order valence-electron chi connectivity index (χ2n) is 7.42. The van der Waals surface area contributed by atoms with Crippen molar-refractivity contribution in [2.24, 2.45) is 11.8 Å². The molecule has 1 saturated carbocycles. The van der Waals surface area contributed by atoms with E-state index in [9.17, 15) is 9.90 Å². The van der Waals surface area contributed by atoms with E-state index in [1.54, 1.807) is 18.2 Å². The number of carbonyl (C=O) groups excluding carboxylic acids is 1. The Kier molecular flexibility index (Phi) is 4.22. The average Bonchev–Trinajstić information content (AvgIpc) is 3.27. The molecule has 0 unspecified atom stereocenters. The largest absolute Gasteiger partial charge is 0.508 e. The van der Waals surface area contributed by atoms with Crippen LogP contribution in [-0.2, 0) is 9.47 Å². The van der Waals surface area contributed by atoms with Crippen molar-refractivity contribution in [1.82, 2.24) is 4.90 Å². The zero-order valence-corrected chi connectivity index (χ0v) is 13.9. The van der Waals surface area contributed by atoms with E-state index in [4.69, 9.17) is 9.47 Å². The zero-order valence-electron chi connectivity index (χ0n) is 13.9. The molecule has 0 radical (unpaired) electrons. The summed E-state index contributed by atoms with van der Waals surface area (Å²) in [4.78, 5) is 14.3. The minimum absolute atomic E-state index is 0.0317. The van der Waals surface area contributed by atoms with E-state index in [-0.39, 0.29) is 17.3 Å². The minimum atomic E-state index is -0.171. The number of aromatic hydroxyl groups is 1. The minimum Gasteiger partial charge on any atom is -0.508 e. The van der Waals surface area contributed by atoms with E-state index in [1.165, 1.54) is 18.9 Å². The Labute approximate surface area is 142 Å². The van der Waals surface area contributed by atoms with Gasteiger partial charge in [0.05, 0.1) is 13.1 Å². The molecule has 2 saturated heterocycles. The monoisotopic (exact) mass is 331 g/mol. The highest BCUT2D eigenvalue weighted by Crippen LogP contribution is 2.42. The van der Waals surface area contributed by atoms with Crippen LogP contribution in [0.15, 0.2) is 24.3 Å². The van der Waals surface area contributed by atoms with E-state index in [2.05, 4.69) is 0 Å². The number of carbonyl (C=O) groups is 1. The number of likely N-dealkylation sites (tertiary alicyclic amines) is 1. The molecule has 5 nitrogen and oxygen atoms in total. The maximum absolute atomic E-state index is 12.5. The van der Waals surface area contributed by atoms with Crippen molar-refractivity contribution in [3.8, 4) is 5.75 Å². The first-order valence-electron chi connectivity index (χ1n) is 8.96. The normalized spacial score (nSPS) is 25.0. The molecule has 2 aliphatic heterocycles. The number of hydrogen-bond donors (Lipinski definition) is 1. The van der Waals surface area contributed by atoms with Gasteiger partial charge in [0.2, 0.25) is 0 Å². The van der Waals surface area contributed by atoms with Crippen LogP contribution in [0.2, 0.25) is 0 Å². The third-order valence-electron chi connectivity index (χ3n) is 5.56. The molecule has 5 heteroatoms. The van der Waals surface area contributed by atoms with Crippen LogP contribution >= 0.6 is 0 Å². The van der Waals surface area contributed by atoms with Crippen molar-refractivity contribution in [2.75, 3.05) is 32.9 Å². The Balaban J connectivity index is 1.29.